The van der Waals surface area contributed by atoms with Crippen LogP contribution in [0.2, 0.25) is 0 Å². The number of hydrogen-bond acceptors (Lipinski definition) is 3. The molecule has 0 spiro atoms. The average Bonchev–Trinajstić information content (AvgIpc) is 1.85. The Kier molecular flexibility index (Phi) is 5.80. The summed E-state index contributed by atoms with van der Waals surface area (Å²) in [6, 6.07) is 2.10. The van der Waals surface area contributed by atoms with Gasteiger partial charge in [0.2, 0.25) is 0 Å². The Morgan fingerprint density at radius 1 is 1.67 bits per heavy atom. The molecule has 0 unspecified atom stereocenters. The van der Waals surface area contributed by atoms with Crippen molar-refractivity contribution < 1.29 is 0 Å². The number of hydrogen-bond donors (Lipinski definition) is 0. The maximum Gasteiger partial charge on any atom is 0.0635 e. The van der Waals surface area contributed by atoms with Crippen LogP contribution in [-0.4, -0.2) is 23.7 Å². The number of rotatable bonds is 4. The molecule has 0 bridgehead atoms. The summed E-state index contributed by atoms with van der Waals surface area (Å²) in [7, 11) is 2.01. The molecule has 3 heteroatoms. The Labute approximate surface area is 61.0 Å². The van der Waals surface area contributed by atoms with Gasteiger partial charge in [0.15, 0.2) is 0 Å². The number of nitriles is 1. The molecule has 0 N–H and O–H groups in total. The van der Waals surface area contributed by atoms with Gasteiger partial charge in [0.25, 0.3) is 0 Å². The highest BCUT2D eigenvalue weighted by Crippen LogP contribution is 2.04. The van der Waals surface area contributed by atoms with Crippen molar-refractivity contribution >= 4 is 11.9 Å². The van der Waals surface area contributed by atoms with Crippen molar-refractivity contribution in [1.29, 1.82) is 5.26 Å². The molecule has 0 aliphatic heterocycles. The van der Waals surface area contributed by atoms with Crippen LogP contribution in [0.1, 0.15) is 13.3 Å². The fourth-order valence-electron chi connectivity index (χ4n) is 0.492. The SMILES string of the molecule is CCSN(C)CCC#N. The summed E-state index contributed by atoms with van der Waals surface area (Å²) in [6.07, 6.45) is 0.628. The van der Waals surface area contributed by atoms with Gasteiger partial charge in [0.05, 0.1) is 6.07 Å². The zero-order valence-electron chi connectivity index (χ0n) is 5.92. The van der Waals surface area contributed by atoms with E-state index in [9.17, 15) is 0 Å². The van der Waals surface area contributed by atoms with E-state index in [1.54, 1.807) is 11.9 Å². The van der Waals surface area contributed by atoms with Crippen molar-refractivity contribution in [1.82, 2.24) is 4.31 Å². The highest BCUT2D eigenvalue weighted by atomic mass is 32.2. The zero-order valence-corrected chi connectivity index (χ0v) is 6.74. The van der Waals surface area contributed by atoms with Gasteiger partial charge in [-0.2, -0.15) is 5.26 Å². The molecule has 9 heavy (non-hydrogen) atoms. The normalized spacial score (nSPS) is 9.56. The van der Waals surface area contributed by atoms with Gasteiger partial charge in [-0.25, -0.2) is 0 Å². The van der Waals surface area contributed by atoms with Crippen LogP contribution in [-0.2, 0) is 0 Å². The van der Waals surface area contributed by atoms with Gasteiger partial charge < -0.3 is 0 Å². The third-order valence-electron chi connectivity index (χ3n) is 0.888. The highest BCUT2D eigenvalue weighted by molar-refractivity contribution is 7.96. The zero-order chi connectivity index (χ0) is 7.11. The minimum atomic E-state index is 0.628. The van der Waals surface area contributed by atoms with Gasteiger partial charge in [-0.15, -0.1) is 0 Å². The predicted octanol–water partition coefficient (Wildman–Crippen LogP) is 1.50. The first-order valence-corrected chi connectivity index (χ1v) is 3.96. The standard InChI is InChI=1S/C6H12N2S/c1-3-9-8(2)6-4-5-7/h3-4,6H2,1-2H3. The molecule has 0 aromatic carbocycles. The topological polar surface area (TPSA) is 27.0 Å². The van der Waals surface area contributed by atoms with E-state index in [1.165, 1.54) is 0 Å². The quantitative estimate of drug-likeness (QED) is 0.559. The predicted molar refractivity (Wildman–Crippen MR) is 41.0 cm³/mol. The highest BCUT2D eigenvalue weighted by Gasteiger charge is 1.93. The van der Waals surface area contributed by atoms with Gasteiger partial charge in [-0.1, -0.05) is 18.9 Å². The summed E-state index contributed by atoms with van der Waals surface area (Å²) in [5.41, 5.74) is 0. The lowest BCUT2D eigenvalue weighted by Crippen LogP contribution is -2.10. The fourth-order valence-corrected chi connectivity index (χ4v) is 1.15. The lowest BCUT2D eigenvalue weighted by atomic mass is 10.5. The van der Waals surface area contributed by atoms with Gasteiger partial charge >= 0.3 is 0 Å². The summed E-state index contributed by atoms with van der Waals surface area (Å²) in [6.45, 7) is 2.97. The van der Waals surface area contributed by atoms with E-state index in [0.717, 1.165) is 12.3 Å². The van der Waals surface area contributed by atoms with E-state index < -0.39 is 0 Å². The summed E-state index contributed by atoms with van der Waals surface area (Å²) in [5.74, 6) is 1.09. The van der Waals surface area contributed by atoms with Gasteiger partial charge in [0.1, 0.15) is 0 Å². The monoisotopic (exact) mass is 144 g/mol. The Bertz CT molecular complexity index is 97.7. The van der Waals surface area contributed by atoms with Crippen LogP contribution in [0.25, 0.3) is 0 Å². The lowest BCUT2D eigenvalue weighted by Gasteiger charge is -2.10. The van der Waals surface area contributed by atoms with Crippen molar-refractivity contribution in [2.24, 2.45) is 0 Å². The first-order valence-electron chi connectivity index (χ1n) is 3.02. The van der Waals surface area contributed by atoms with E-state index >= 15 is 0 Å². The molecule has 0 saturated carbocycles. The van der Waals surface area contributed by atoms with Crippen LogP contribution in [0.15, 0.2) is 0 Å². The molecule has 0 aliphatic rings. The molecular formula is C6H12N2S. The molecule has 0 fully saturated rings. The van der Waals surface area contributed by atoms with Gasteiger partial charge in [0, 0.05) is 18.7 Å². The lowest BCUT2D eigenvalue weighted by molar-refractivity contribution is 0.578. The Morgan fingerprint density at radius 2 is 2.33 bits per heavy atom. The fraction of sp³-hybridized carbons (Fsp3) is 0.833. The van der Waals surface area contributed by atoms with E-state index in [-0.39, 0.29) is 0 Å². The van der Waals surface area contributed by atoms with Crippen molar-refractivity contribution in [2.75, 3.05) is 19.3 Å². The van der Waals surface area contributed by atoms with Crippen LogP contribution in [0.4, 0.5) is 0 Å². The van der Waals surface area contributed by atoms with Gasteiger partial charge in [-0.05, 0) is 7.05 Å². The number of nitrogens with zero attached hydrogens (tertiary/aromatic N) is 2. The molecule has 0 aliphatic carbocycles. The molecule has 0 radical (unpaired) electrons. The molecule has 0 aromatic rings. The third kappa shape index (κ3) is 5.67. The third-order valence-corrected chi connectivity index (χ3v) is 1.77. The van der Waals surface area contributed by atoms with E-state index in [0.29, 0.717) is 6.42 Å². The van der Waals surface area contributed by atoms with Crippen LogP contribution >= 0.6 is 11.9 Å². The van der Waals surface area contributed by atoms with Crippen molar-refractivity contribution in [3.8, 4) is 6.07 Å². The first kappa shape index (κ1) is 8.80. The molecular weight excluding hydrogens is 132 g/mol. The smallest absolute Gasteiger partial charge is 0.0635 e. The van der Waals surface area contributed by atoms with E-state index in [2.05, 4.69) is 17.3 Å². The molecule has 0 heterocycles. The van der Waals surface area contributed by atoms with Crippen molar-refractivity contribution in [3.05, 3.63) is 0 Å². The first-order chi connectivity index (χ1) is 4.31. The molecule has 0 rings (SSSR count). The summed E-state index contributed by atoms with van der Waals surface area (Å²) < 4.78 is 2.09. The maximum absolute atomic E-state index is 8.20. The minimum absolute atomic E-state index is 0.628. The maximum atomic E-state index is 8.20. The van der Waals surface area contributed by atoms with Crippen LogP contribution < -0.4 is 0 Å². The van der Waals surface area contributed by atoms with Crippen molar-refractivity contribution in [3.63, 3.8) is 0 Å². The van der Waals surface area contributed by atoms with E-state index in [1.807, 2.05) is 7.05 Å². The van der Waals surface area contributed by atoms with Crippen LogP contribution in [0.5, 0.6) is 0 Å². The minimum Gasteiger partial charge on any atom is -0.253 e. The van der Waals surface area contributed by atoms with Crippen molar-refractivity contribution in [2.45, 2.75) is 13.3 Å². The molecule has 0 amide bonds. The van der Waals surface area contributed by atoms with Gasteiger partial charge in [-0.3, -0.25) is 4.31 Å². The second kappa shape index (κ2) is 5.93. The molecule has 0 atom stereocenters. The molecule has 52 valence electrons. The average molecular weight is 144 g/mol. The van der Waals surface area contributed by atoms with Crippen LogP contribution in [0, 0.1) is 11.3 Å². The summed E-state index contributed by atoms with van der Waals surface area (Å²) in [5, 5.41) is 8.20. The second-order valence-electron chi connectivity index (χ2n) is 1.68. The Balaban J connectivity index is 3.07. The Hall–Kier alpha value is -0.200. The second-order valence-corrected chi connectivity index (χ2v) is 3.14. The van der Waals surface area contributed by atoms with E-state index in [4.69, 9.17) is 5.26 Å². The largest absolute Gasteiger partial charge is 0.253 e. The summed E-state index contributed by atoms with van der Waals surface area (Å²) in [4.78, 5) is 0. The molecule has 2 nitrogen and oxygen atoms in total. The molecule has 0 aromatic heterocycles. The molecule has 0 saturated heterocycles. The van der Waals surface area contributed by atoms with Crippen LogP contribution in [0.3, 0.4) is 0 Å². The Morgan fingerprint density at radius 3 is 2.78 bits per heavy atom. The summed E-state index contributed by atoms with van der Waals surface area (Å²) >= 11 is 1.75.